The van der Waals surface area contributed by atoms with E-state index in [-0.39, 0.29) is 5.91 Å². The third kappa shape index (κ3) is 3.46. The molecular formula is C13H20N2O2. The molecule has 0 atom stereocenters. The number of hydrogen-bond acceptors (Lipinski definition) is 3. The van der Waals surface area contributed by atoms with E-state index < -0.39 is 0 Å². The molecule has 0 heterocycles. The smallest absolute Gasteiger partial charge is 0.253 e. The van der Waals surface area contributed by atoms with Gasteiger partial charge < -0.3 is 15.4 Å². The summed E-state index contributed by atoms with van der Waals surface area (Å²) in [5.74, 6) is -0.00347. The second kappa shape index (κ2) is 6.25. The zero-order valence-corrected chi connectivity index (χ0v) is 10.7. The van der Waals surface area contributed by atoms with E-state index >= 15 is 0 Å². The molecule has 0 saturated heterocycles. The number of carbonyl (C=O) groups excluding carboxylic acids is 1. The van der Waals surface area contributed by atoms with Crippen molar-refractivity contribution >= 4 is 11.6 Å². The Hall–Kier alpha value is -1.55. The van der Waals surface area contributed by atoms with Crippen molar-refractivity contribution in [2.75, 3.05) is 32.5 Å². The molecule has 2 N–H and O–H groups in total. The molecule has 17 heavy (non-hydrogen) atoms. The van der Waals surface area contributed by atoms with E-state index in [1.54, 1.807) is 18.1 Å². The maximum absolute atomic E-state index is 12.2. The molecule has 0 aliphatic carbocycles. The molecule has 0 aromatic heterocycles. The fourth-order valence-corrected chi connectivity index (χ4v) is 1.56. The van der Waals surface area contributed by atoms with Gasteiger partial charge in [0, 0.05) is 31.5 Å². The zero-order valence-electron chi connectivity index (χ0n) is 10.7. The molecule has 4 nitrogen and oxygen atoms in total. The number of ether oxygens (including phenoxy) is 1. The Morgan fingerprint density at radius 3 is 2.71 bits per heavy atom. The number of nitrogens with zero attached hydrogens (tertiary/aromatic N) is 1. The molecule has 1 aromatic rings. The fourth-order valence-electron chi connectivity index (χ4n) is 1.56. The molecule has 0 bridgehead atoms. The number of likely N-dealkylation sites (N-methyl/N-ethyl adjacent to an activating group) is 1. The molecule has 0 fully saturated rings. The van der Waals surface area contributed by atoms with Crippen LogP contribution >= 0.6 is 0 Å². The number of carbonyl (C=O) groups is 1. The number of nitrogens with two attached hydrogens (primary N) is 1. The quantitative estimate of drug-likeness (QED) is 0.791. The van der Waals surface area contributed by atoms with Crippen LogP contribution in [0.4, 0.5) is 5.69 Å². The van der Waals surface area contributed by atoms with Gasteiger partial charge in [-0.2, -0.15) is 0 Å². The number of amides is 1. The van der Waals surface area contributed by atoms with Crippen molar-refractivity contribution in [2.45, 2.75) is 13.8 Å². The summed E-state index contributed by atoms with van der Waals surface area (Å²) in [5.41, 5.74) is 8.07. The molecule has 0 saturated carbocycles. The lowest BCUT2D eigenvalue weighted by Gasteiger charge is -2.20. The number of methoxy groups -OCH3 is 1. The highest BCUT2D eigenvalue weighted by atomic mass is 16.5. The first kappa shape index (κ1) is 13.5. The van der Waals surface area contributed by atoms with Crippen LogP contribution in [0.25, 0.3) is 0 Å². The summed E-state index contributed by atoms with van der Waals surface area (Å²) in [4.78, 5) is 13.9. The molecule has 1 aromatic carbocycles. The van der Waals surface area contributed by atoms with Crippen molar-refractivity contribution < 1.29 is 9.53 Å². The van der Waals surface area contributed by atoms with Crippen molar-refractivity contribution in [2.24, 2.45) is 0 Å². The van der Waals surface area contributed by atoms with Crippen LogP contribution in [0.15, 0.2) is 18.2 Å². The molecule has 0 spiro atoms. The molecule has 94 valence electrons. The molecule has 1 rings (SSSR count). The van der Waals surface area contributed by atoms with Crippen molar-refractivity contribution in [3.8, 4) is 0 Å². The van der Waals surface area contributed by atoms with Crippen molar-refractivity contribution in [1.82, 2.24) is 4.90 Å². The molecule has 4 heteroatoms. The van der Waals surface area contributed by atoms with Gasteiger partial charge in [0.2, 0.25) is 0 Å². The minimum Gasteiger partial charge on any atom is -0.398 e. The molecular weight excluding hydrogens is 216 g/mol. The summed E-state index contributed by atoms with van der Waals surface area (Å²) in [6, 6.07) is 5.41. The van der Waals surface area contributed by atoms with E-state index in [0.717, 1.165) is 5.56 Å². The normalized spacial score (nSPS) is 10.3. The lowest BCUT2D eigenvalue weighted by Crippen LogP contribution is -2.33. The molecule has 0 unspecified atom stereocenters. The SMILES string of the molecule is CCN(CCOC)C(=O)c1ccc(C)c(N)c1. The Morgan fingerprint density at radius 1 is 1.47 bits per heavy atom. The number of benzene rings is 1. The first-order valence-electron chi connectivity index (χ1n) is 5.74. The Balaban J connectivity index is 2.82. The van der Waals surface area contributed by atoms with Gasteiger partial charge in [-0.3, -0.25) is 4.79 Å². The maximum Gasteiger partial charge on any atom is 0.253 e. The number of anilines is 1. The topological polar surface area (TPSA) is 55.6 Å². The monoisotopic (exact) mass is 236 g/mol. The summed E-state index contributed by atoms with van der Waals surface area (Å²) < 4.78 is 4.98. The van der Waals surface area contributed by atoms with E-state index in [1.807, 2.05) is 26.0 Å². The highest BCUT2D eigenvalue weighted by molar-refractivity contribution is 5.95. The maximum atomic E-state index is 12.2. The summed E-state index contributed by atoms with van der Waals surface area (Å²) in [7, 11) is 1.63. The third-order valence-corrected chi connectivity index (χ3v) is 2.76. The van der Waals surface area contributed by atoms with Crippen LogP contribution in [-0.4, -0.2) is 37.6 Å². The summed E-state index contributed by atoms with van der Waals surface area (Å²) in [6.07, 6.45) is 0. The largest absolute Gasteiger partial charge is 0.398 e. The second-order valence-electron chi connectivity index (χ2n) is 3.95. The van der Waals surface area contributed by atoms with Gasteiger partial charge in [-0.25, -0.2) is 0 Å². The Kier molecular flexibility index (Phi) is 4.97. The van der Waals surface area contributed by atoms with E-state index in [2.05, 4.69) is 0 Å². The zero-order chi connectivity index (χ0) is 12.8. The van der Waals surface area contributed by atoms with Crippen LogP contribution in [-0.2, 0) is 4.74 Å². The van der Waals surface area contributed by atoms with E-state index in [1.165, 1.54) is 0 Å². The number of aryl methyl sites for hydroxylation is 1. The summed E-state index contributed by atoms with van der Waals surface area (Å²) in [6.45, 7) is 5.67. The van der Waals surface area contributed by atoms with Crippen LogP contribution in [0, 0.1) is 6.92 Å². The first-order valence-corrected chi connectivity index (χ1v) is 5.74. The van der Waals surface area contributed by atoms with E-state index in [0.29, 0.717) is 30.9 Å². The van der Waals surface area contributed by atoms with Gasteiger partial charge in [0.1, 0.15) is 0 Å². The number of nitrogen functional groups attached to an aromatic ring is 1. The van der Waals surface area contributed by atoms with Gasteiger partial charge in [0.15, 0.2) is 0 Å². The van der Waals surface area contributed by atoms with Crippen molar-refractivity contribution in [3.63, 3.8) is 0 Å². The van der Waals surface area contributed by atoms with Gasteiger partial charge in [-0.05, 0) is 31.5 Å². The second-order valence-corrected chi connectivity index (χ2v) is 3.95. The minimum atomic E-state index is -0.00347. The highest BCUT2D eigenvalue weighted by Crippen LogP contribution is 2.14. The van der Waals surface area contributed by atoms with E-state index in [4.69, 9.17) is 10.5 Å². The van der Waals surface area contributed by atoms with Crippen LogP contribution in [0.1, 0.15) is 22.8 Å². The lowest BCUT2D eigenvalue weighted by atomic mass is 10.1. The van der Waals surface area contributed by atoms with E-state index in [9.17, 15) is 4.79 Å². The molecule has 1 amide bonds. The van der Waals surface area contributed by atoms with Crippen LogP contribution < -0.4 is 5.73 Å². The Bertz CT molecular complexity index is 391. The van der Waals surface area contributed by atoms with Gasteiger partial charge in [0.05, 0.1) is 6.61 Å². The average Bonchev–Trinajstić information content (AvgIpc) is 2.33. The summed E-state index contributed by atoms with van der Waals surface area (Å²) >= 11 is 0. The number of hydrogen-bond donors (Lipinski definition) is 1. The van der Waals surface area contributed by atoms with Crippen LogP contribution in [0.5, 0.6) is 0 Å². The Morgan fingerprint density at radius 2 is 2.18 bits per heavy atom. The summed E-state index contributed by atoms with van der Waals surface area (Å²) in [5, 5.41) is 0. The Labute approximate surface area is 102 Å². The molecule has 0 radical (unpaired) electrons. The fraction of sp³-hybridized carbons (Fsp3) is 0.462. The third-order valence-electron chi connectivity index (χ3n) is 2.76. The highest BCUT2D eigenvalue weighted by Gasteiger charge is 2.14. The first-order chi connectivity index (χ1) is 8.10. The van der Waals surface area contributed by atoms with Gasteiger partial charge >= 0.3 is 0 Å². The minimum absolute atomic E-state index is 0.00347. The van der Waals surface area contributed by atoms with Crippen molar-refractivity contribution in [1.29, 1.82) is 0 Å². The predicted molar refractivity (Wildman–Crippen MR) is 69.0 cm³/mol. The number of rotatable bonds is 5. The predicted octanol–water partition coefficient (Wildman–Crippen LogP) is 1.69. The lowest BCUT2D eigenvalue weighted by molar-refractivity contribution is 0.0706. The van der Waals surface area contributed by atoms with Crippen LogP contribution in [0.3, 0.4) is 0 Å². The standard InChI is InChI=1S/C13H20N2O2/c1-4-15(7-8-17-3)13(16)11-6-5-10(2)12(14)9-11/h5-6,9H,4,7-8,14H2,1-3H3. The van der Waals surface area contributed by atoms with Crippen LogP contribution in [0.2, 0.25) is 0 Å². The van der Waals surface area contributed by atoms with Gasteiger partial charge in [-0.1, -0.05) is 6.07 Å². The molecule has 0 aliphatic rings. The van der Waals surface area contributed by atoms with Crippen molar-refractivity contribution in [3.05, 3.63) is 29.3 Å². The average molecular weight is 236 g/mol. The van der Waals surface area contributed by atoms with Gasteiger partial charge in [-0.15, -0.1) is 0 Å². The molecule has 0 aliphatic heterocycles. The van der Waals surface area contributed by atoms with Gasteiger partial charge in [0.25, 0.3) is 5.91 Å².